The fourth-order valence-electron chi connectivity index (χ4n) is 1.95. The second-order valence-corrected chi connectivity index (χ2v) is 4.86. The number of carbonyl (C=O) groups excluding carboxylic acids is 1. The molecule has 0 unspecified atom stereocenters. The molecule has 90 valence electrons. The van der Waals surface area contributed by atoms with E-state index in [0.717, 1.165) is 25.1 Å². The molecule has 1 amide bonds. The number of amides is 1. The molecule has 2 N–H and O–H groups in total. The second kappa shape index (κ2) is 6.23. The van der Waals surface area contributed by atoms with Crippen molar-refractivity contribution in [2.45, 2.75) is 25.8 Å². The van der Waals surface area contributed by atoms with Crippen LogP contribution in [0.15, 0.2) is 16.8 Å². The van der Waals surface area contributed by atoms with Crippen LogP contribution in [0.3, 0.4) is 0 Å². The van der Waals surface area contributed by atoms with Crippen molar-refractivity contribution < 1.29 is 4.79 Å². The lowest BCUT2D eigenvalue weighted by molar-refractivity contribution is -0.120. The first-order valence-corrected chi connectivity index (χ1v) is 6.26. The van der Waals surface area contributed by atoms with Crippen LogP contribution in [-0.2, 0) is 4.79 Å². The Morgan fingerprint density at radius 1 is 1.62 bits per heavy atom. The summed E-state index contributed by atoms with van der Waals surface area (Å²) < 4.78 is 0. The lowest BCUT2D eigenvalue weighted by Crippen LogP contribution is -2.40. The summed E-state index contributed by atoms with van der Waals surface area (Å²) in [5, 5.41) is 10.2. The molecule has 2 atom stereocenters. The van der Waals surface area contributed by atoms with Gasteiger partial charge in [0, 0.05) is 17.3 Å². The molecule has 1 aromatic rings. The highest BCUT2D eigenvalue weighted by atomic mass is 35.5. The molecule has 2 rings (SSSR count). The van der Waals surface area contributed by atoms with E-state index in [1.54, 1.807) is 11.3 Å². The summed E-state index contributed by atoms with van der Waals surface area (Å²) in [5.74, 6) is 0.336. The molecule has 16 heavy (non-hydrogen) atoms. The molecule has 0 bridgehead atoms. The van der Waals surface area contributed by atoms with Crippen LogP contribution < -0.4 is 10.6 Å². The lowest BCUT2D eigenvalue weighted by atomic mass is 9.92. The highest BCUT2D eigenvalue weighted by Crippen LogP contribution is 2.19. The zero-order valence-corrected chi connectivity index (χ0v) is 10.9. The van der Waals surface area contributed by atoms with E-state index in [2.05, 4.69) is 17.6 Å². The van der Waals surface area contributed by atoms with Gasteiger partial charge < -0.3 is 10.6 Å². The molecule has 5 heteroatoms. The first kappa shape index (κ1) is 13.5. The predicted molar refractivity (Wildman–Crippen MR) is 70.4 cm³/mol. The van der Waals surface area contributed by atoms with E-state index in [9.17, 15) is 4.79 Å². The normalized spacial score (nSPS) is 24.6. The molecule has 0 radical (unpaired) electrons. The maximum Gasteiger partial charge on any atom is 0.227 e. The van der Waals surface area contributed by atoms with Crippen LogP contribution in [0.5, 0.6) is 0 Å². The van der Waals surface area contributed by atoms with Crippen LogP contribution in [0, 0.1) is 5.92 Å². The Kier molecular flexibility index (Phi) is 5.25. The van der Waals surface area contributed by atoms with E-state index in [0.29, 0.717) is 6.04 Å². The van der Waals surface area contributed by atoms with Crippen molar-refractivity contribution in [3.63, 3.8) is 0 Å². The zero-order chi connectivity index (χ0) is 10.7. The van der Waals surface area contributed by atoms with Crippen LogP contribution in [0.2, 0.25) is 0 Å². The van der Waals surface area contributed by atoms with E-state index in [1.807, 2.05) is 16.8 Å². The molecular weight excluding hydrogens is 244 g/mol. The van der Waals surface area contributed by atoms with Crippen molar-refractivity contribution >= 4 is 35.3 Å². The van der Waals surface area contributed by atoms with Crippen molar-refractivity contribution in [3.8, 4) is 0 Å². The third kappa shape index (κ3) is 3.47. The number of piperidine rings is 1. The fraction of sp³-hybridized carbons (Fsp3) is 0.545. The number of halogens is 1. The number of rotatable bonds is 2. The van der Waals surface area contributed by atoms with E-state index >= 15 is 0 Å². The summed E-state index contributed by atoms with van der Waals surface area (Å²) in [7, 11) is 0. The van der Waals surface area contributed by atoms with E-state index < -0.39 is 0 Å². The summed E-state index contributed by atoms with van der Waals surface area (Å²) in [5.41, 5.74) is 0.927. The molecule has 1 aliphatic heterocycles. The van der Waals surface area contributed by atoms with Gasteiger partial charge in [0.05, 0.1) is 5.69 Å². The average Bonchev–Trinajstić information content (AvgIpc) is 2.70. The molecule has 3 nitrogen and oxygen atoms in total. The maximum absolute atomic E-state index is 11.9. The molecule has 1 fully saturated rings. The lowest BCUT2D eigenvalue weighted by Gasteiger charge is -2.26. The van der Waals surface area contributed by atoms with Gasteiger partial charge >= 0.3 is 0 Å². The van der Waals surface area contributed by atoms with Gasteiger partial charge in [-0.15, -0.1) is 12.4 Å². The third-order valence-corrected chi connectivity index (χ3v) is 3.47. The van der Waals surface area contributed by atoms with Crippen molar-refractivity contribution in [3.05, 3.63) is 16.8 Å². The van der Waals surface area contributed by atoms with Crippen molar-refractivity contribution in [2.75, 3.05) is 11.9 Å². The van der Waals surface area contributed by atoms with Gasteiger partial charge in [0.15, 0.2) is 0 Å². The minimum absolute atomic E-state index is 0. The van der Waals surface area contributed by atoms with E-state index in [1.165, 1.54) is 0 Å². The number of thiophene rings is 1. The van der Waals surface area contributed by atoms with Crippen LogP contribution in [0.4, 0.5) is 5.69 Å². The van der Waals surface area contributed by atoms with Gasteiger partial charge in [0.2, 0.25) is 5.91 Å². The highest BCUT2D eigenvalue weighted by molar-refractivity contribution is 7.08. The summed E-state index contributed by atoms with van der Waals surface area (Å²) in [6.07, 6.45) is 1.89. The number of nitrogens with one attached hydrogen (secondary N) is 2. The van der Waals surface area contributed by atoms with Crippen molar-refractivity contribution in [2.24, 2.45) is 5.92 Å². The first-order chi connectivity index (χ1) is 7.25. The number of carbonyl (C=O) groups is 1. The van der Waals surface area contributed by atoms with Gasteiger partial charge in [-0.2, -0.15) is 11.3 Å². The second-order valence-electron chi connectivity index (χ2n) is 4.08. The van der Waals surface area contributed by atoms with Gasteiger partial charge in [0.25, 0.3) is 0 Å². The van der Waals surface area contributed by atoms with Crippen LogP contribution in [-0.4, -0.2) is 18.5 Å². The monoisotopic (exact) mass is 260 g/mol. The Hall–Kier alpha value is -0.580. The fourth-order valence-corrected chi connectivity index (χ4v) is 2.54. The average molecular weight is 261 g/mol. The number of anilines is 1. The molecular formula is C11H17ClN2OS. The maximum atomic E-state index is 11.9. The van der Waals surface area contributed by atoms with Crippen molar-refractivity contribution in [1.29, 1.82) is 0 Å². The molecule has 0 saturated carbocycles. The predicted octanol–water partition coefficient (Wildman–Crippen LogP) is 2.50. The smallest absolute Gasteiger partial charge is 0.227 e. The van der Waals surface area contributed by atoms with Gasteiger partial charge in [-0.1, -0.05) is 0 Å². The van der Waals surface area contributed by atoms with Gasteiger partial charge in [0.1, 0.15) is 0 Å². The van der Waals surface area contributed by atoms with Crippen molar-refractivity contribution in [1.82, 2.24) is 5.32 Å². The molecule has 0 aromatic carbocycles. The molecule has 1 saturated heterocycles. The minimum atomic E-state index is 0. The van der Waals surface area contributed by atoms with Gasteiger partial charge in [-0.05, 0) is 37.8 Å². The van der Waals surface area contributed by atoms with Crippen LogP contribution in [0.25, 0.3) is 0 Å². The summed E-state index contributed by atoms with van der Waals surface area (Å²) >= 11 is 1.60. The SMILES string of the molecule is C[C@H]1C[C@@H](C(=O)Nc2ccsc2)CCN1.Cl. The number of hydrogen-bond acceptors (Lipinski definition) is 3. The Morgan fingerprint density at radius 2 is 2.44 bits per heavy atom. The third-order valence-electron chi connectivity index (χ3n) is 2.78. The topological polar surface area (TPSA) is 41.1 Å². The first-order valence-electron chi connectivity index (χ1n) is 5.32. The molecule has 0 aliphatic carbocycles. The number of hydrogen-bond donors (Lipinski definition) is 2. The zero-order valence-electron chi connectivity index (χ0n) is 9.23. The van der Waals surface area contributed by atoms with Crippen LogP contribution in [0.1, 0.15) is 19.8 Å². The van der Waals surface area contributed by atoms with Gasteiger partial charge in [-0.25, -0.2) is 0 Å². The molecule has 1 aromatic heterocycles. The molecule has 2 heterocycles. The standard InChI is InChI=1S/C11H16N2OS.ClH/c1-8-6-9(2-4-12-8)11(14)13-10-3-5-15-7-10;/h3,5,7-9,12H,2,4,6H2,1H3,(H,13,14);1H/t8-,9-;/m0./s1. The summed E-state index contributed by atoms with van der Waals surface area (Å²) in [4.78, 5) is 11.9. The summed E-state index contributed by atoms with van der Waals surface area (Å²) in [6.45, 7) is 3.08. The van der Waals surface area contributed by atoms with Crippen LogP contribution >= 0.6 is 23.7 Å². The largest absolute Gasteiger partial charge is 0.325 e. The minimum Gasteiger partial charge on any atom is -0.325 e. The Morgan fingerprint density at radius 3 is 3.06 bits per heavy atom. The molecule has 1 aliphatic rings. The molecule has 0 spiro atoms. The van der Waals surface area contributed by atoms with E-state index in [-0.39, 0.29) is 24.2 Å². The highest BCUT2D eigenvalue weighted by Gasteiger charge is 2.24. The summed E-state index contributed by atoms with van der Waals surface area (Å²) in [6, 6.07) is 2.39. The Balaban J connectivity index is 0.00000128. The van der Waals surface area contributed by atoms with Gasteiger partial charge in [-0.3, -0.25) is 4.79 Å². The quantitative estimate of drug-likeness (QED) is 0.858. The van der Waals surface area contributed by atoms with E-state index in [4.69, 9.17) is 0 Å². The Bertz CT molecular complexity index is 329. The Labute approximate surface area is 106 Å².